The molecule has 1 fully saturated rings. The molecule has 1 aliphatic rings. The number of hydrogen-bond donors (Lipinski definition) is 0. The lowest BCUT2D eigenvalue weighted by Crippen LogP contribution is -2.48. The number of carbonyl (C=O) groups excluding carboxylic acids is 1. The number of amides is 1. The van der Waals surface area contributed by atoms with Crippen molar-refractivity contribution in [1.29, 1.82) is 0 Å². The van der Waals surface area contributed by atoms with E-state index >= 15 is 0 Å². The predicted molar refractivity (Wildman–Crippen MR) is 112 cm³/mol. The topological polar surface area (TPSA) is 36.4 Å². The lowest BCUT2D eigenvalue weighted by Gasteiger charge is -2.34. The highest BCUT2D eigenvalue weighted by Crippen LogP contribution is 2.28. The number of aryl methyl sites for hydroxylation is 1. The second-order valence-electron chi connectivity index (χ2n) is 6.67. The van der Waals surface area contributed by atoms with Gasteiger partial charge in [-0.1, -0.05) is 41.4 Å². The Labute approximate surface area is 168 Å². The van der Waals surface area contributed by atoms with E-state index in [-0.39, 0.29) is 5.91 Å². The Hall–Kier alpha value is -2.37. The number of nitrogens with zero attached hydrogens (tertiary/aromatic N) is 3. The summed E-state index contributed by atoms with van der Waals surface area (Å²) in [5, 5.41) is 3.76. The Morgan fingerprint density at radius 3 is 2.33 bits per heavy atom. The van der Waals surface area contributed by atoms with Gasteiger partial charge in [0.1, 0.15) is 0 Å². The van der Waals surface area contributed by atoms with Gasteiger partial charge in [0.25, 0.3) is 5.91 Å². The average Bonchev–Trinajstić information content (AvgIpc) is 3.19. The number of thiazole rings is 1. The number of hydrogen-bond acceptors (Lipinski definition) is 4. The van der Waals surface area contributed by atoms with Gasteiger partial charge < -0.3 is 9.80 Å². The number of aromatic nitrogens is 1. The van der Waals surface area contributed by atoms with Crippen LogP contribution in [0.4, 0.5) is 5.13 Å². The molecule has 27 heavy (non-hydrogen) atoms. The summed E-state index contributed by atoms with van der Waals surface area (Å²) in [6, 6.07) is 15.5. The summed E-state index contributed by atoms with van der Waals surface area (Å²) in [5.74, 6) is 0.0609. The Morgan fingerprint density at radius 2 is 1.67 bits per heavy atom. The first-order valence-electron chi connectivity index (χ1n) is 8.92. The SMILES string of the molecule is Cc1ccc(-c2csc(N3CCN(C(=O)c4ccc(Cl)cc4)CC3)n2)cc1. The van der Waals surface area contributed by atoms with Crippen LogP contribution in [-0.4, -0.2) is 42.0 Å². The minimum Gasteiger partial charge on any atom is -0.345 e. The molecule has 4 rings (SSSR count). The van der Waals surface area contributed by atoms with Crippen LogP contribution < -0.4 is 4.90 Å². The lowest BCUT2D eigenvalue weighted by molar-refractivity contribution is 0.0747. The molecule has 0 N–H and O–H groups in total. The van der Waals surface area contributed by atoms with Crippen molar-refractivity contribution in [2.45, 2.75) is 6.92 Å². The zero-order chi connectivity index (χ0) is 18.8. The van der Waals surface area contributed by atoms with Crippen LogP contribution in [0, 0.1) is 6.92 Å². The summed E-state index contributed by atoms with van der Waals surface area (Å²) < 4.78 is 0. The molecule has 1 amide bonds. The van der Waals surface area contributed by atoms with Crippen LogP contribution in [0.1, 0.15) is 15.9 Å². The van der Waals surface area contributed by atoms with E-state index in [0.717, 1.165) is 29.5 Å². The lowest BCUT2D eigenvalue weighted by atomic mass is 10.1. The van der Waals surface area contributed by atoms with Gasteiger partial charge in [0, 0.05) is 47.7 Å². The Bertz CT molecular complexity index is 929. The molecule has 0 unspecified atom stereocenters. The maximum Gasteiger partial charge on any atom is 0.253 e. The van der Waals surface area contributed by atoms with E-state index in [2.05, 4.69) is 41.5 Å². The van der Waals surface area contributed by atoms with Crippen LogP contribution in [0.2, 0.25) is 5.02 Å². The fraction of sp³-hybridized carbons (Fsp3) is 0.238. The normalized spacial score (nSPS) is 14.4. The number of carbonyl (C=O) groups is 1. The Balaban J connectivity index is 1.40. The predicted octanol–water partition coefficient (Wildman–Crippen LogP) is 4.73. The summed E-state index contributed by atoms with van der Waals surface area (Å²) in [6.45, 7) is 5.06. The molecule has 1 aromatic heterocycles. The zero-order valence-electron chi connectivity index (χ0n) is 15.1. The summed E-state index contributed by atoms with van der Waals surface area (Å²) in [7, 11) is 0. The quantitative estimate of drug-likeness (QED) is 0.640. The van der Waals surface area contributed by atoms with Gasteiger partial charge in [0.2, 0.25) is 0 Å². The number of rotatable bonds is 3. The maximum absolute atomic E-state index is 12.6. The Morgan fingerprint density at radius 1 is 1.00 bits per heavy atom. The summed E-state index contributed by atoms with van der Waals surface area (Å²) in [6.07, 6.45) is 0. The van der Waals surface area contributed by atoms with Gasteiger partial charge >= 0.3 is 0 Å². The van der Waals surface area contributed by atoms with Crippen molar-refractivity contribution in [3.8, 4) is 11.3 Å². The third kappa shape index (κ3) is 3.99. The minimum absolute atomic E-state index is 0.0609. The van der Waals surface area contributed by atoms with E-state index in [4.69, 9.17) is 16.6 Å². The molecule has 2 heterocycles. The van der Waals surface area contributed by atoms with E-state index in [1.165, 1.54) is 5.56 Å². The second-order valence-corrected chi connectivity index (χ2v) is 7.94. The fourth-order valence-electron chi connectivity index (χ4n) is 3.14. The van der Waals surface area contributed by atoms with Gasteiger partial charge in [-0.2, -0.15) is 0 Å². The van der Waals surface area contributed by atoms with Crippen LogP contribution in [0.5, 0.6) is 0 Å². The van der Waals surface area contributed by atoms with Crippen molar-refractivity contribution in [2.24, 2.45) is 0 Å². The van der Waals surface area contributed by atoms with E-state index < -0.39 is 0 Å². The van der Waals surface area contributed by atoms with E-state index in [1.54, 1.807) is 35.6 Å². The van der Waals surface area contributed by atoms with Crippen LogP contribution in [-0.2, 0) is 0 Å². The molecule has 1 saturated heterocycles. The molecule has 0 bridgehead atoms. The molecular weight excluding hydrogens is 378 g/mol. The largest absolute Gasteiger partial charge is 0.345 e. The highest BCUT2D eigenvalue weighted by atomic mass is 35.5. The Kier molecular flexibility index (Phi) is 5.14. The van der Waals surface area contributed by atoms with Crippen molar-refractivity contribution in [3.63, 3.8) is 0 Å². The molecule has 0 aliphatic carbocycles. The van der Waals surface area contributed by atoms with Gasteiger partial charge in [-0.05, 0) is 31.2 Å². The van der Waals surface area contributed by atoms with E-state index in [9.17, 15) is 4.79 Å². The van der Waals surface area contributed by atoms with Crippen molar-refractivity contribution in [1.82, 2.24) is 9.88 Å². The summed E-state index contributed by atoms with van der Waals surface area (Å²) in [5.41, 5.74) is 4.08. The number of halogens is 1. The average molecular weight is 398 g/mol. The third-order valence-electron chi connectivity index (χ3n) is 4.77. The molecule has 0 radical (unpaired) electrons. The van der Waals surface area contributed by atoms with Crippen LogP contribution in [0.25, 0.3) is 11.3 Å². The van der Waals surface area contributed by atoms with Crippen LogP contribution >= 0.6 is 22.9 Å². The molecule has 0 spiro atoms. The number of benzene rings is 2. The summed E-state index contributed by atoms with van der Waals surface area (Å²) in [4.78, 5) is 21.6. The molecular formula is C21H20ClN3OS. The highest BCUT2D eigenvalue weighted by Gasteiger charge is 2.23. The third-order valence-corrected chi connectivity index (χ3v) is 5.92. The first kappa shape index (κ1) is 18.0. The zero-order valence-corrected chi connectivity index (χ0v) is 16.6. The van der Waals surface area contributed by atoms with Gasteiger partial charge in [0.05, 0.1) is 5.69 Å². The highest BCUT2D eigenvalue weighted by molar-refractivity contribution is 7.14. The molecule has 4 nitrogen and oxygen atoms in total. The van der Waals surface area contributed by atoms with Gasteiger partial charge in [-0.25, -0.2) is 4.98 Å². The molecule has 6 heteroatoms. The number of piperazine rings is 1. The van der Waals surface area contributed by atoms with Crippen molar-refractivity contribution in [3.05, 3.63) is 70.1 Å². The number of anilines is 1. The van der Waals surface area contributed by atoms with Crippen LogP contribution in [0.3, 0.4) is 0 Å². The second kappa shape index (κ2) is 7.71. The molecule has 0 saturated carbocycles. The van der Waals surface area contributed by atoms with Crippen LogP contribution in [0.15, 0.2) is 53.9 Å². The van der Waals surface area contributed by atoms with Gasteiger partial charge in [0.15, 0.2) is 5.13 Å². The van der Waals surface area contributed by atoms with E-state index in [0.29, 0.717) is 23.7 Å². The first-order chi connectivity index (χ1) is 13.1. The minimum atomic E-state index is 0.0609. The maximum atomic E-state index is 12.6. The van der Waals surface area contributed by atoms with E-state index in [1.807, 2.05) is 4.90 Å². The molecule has 2 aromatic carbocycles. The van der Waals surface area contributed by atoms with Crippen molar-refractivity contribution < 1.29 is 4.79 Å². The molecule has 0 atom stereocenters. The standard InChI is InChI=1S/C21H20ClN3OS/c1-15-2-4-16(5-3-15)19-14-27-21(23-19)25-12-10-24(11-13-25)20(26)17-6-8-18(22)9-7-17/h2-9,14H,10-13H2,1H3. The summed E-state index contributed by atoms with van der Waals surface area (Å²) >= 11 is 7.57. The van der Waals surface area contributed by atoms with Crippen molar-refractivity contribution >= 4 is 34.0 Å². The smallest absolute Gasteiger partial charge is 0.253 e. The molecule has 3 aromatic rings. The first-order valence-corrected chi connectivity index (χ1v) is 10.2. The molecule has 138 valence electrons. The van der Waals surface area contributed by atoms with Gasteiger partial charge in [-0.3, -0.25) is 4.79 Å². The molecule has 1 aliphatic heterocycles. The fourth-order valence-corrected chi connectivity index (χ4v) is 4.16. The monoisotopic (exact) mass is 397 g/mol. The van der Waals surface area contributed by atoms with Crippen molar-refractivity contribution in [2.75, 3.05) is 31.1 Å². The van der Waals surface area contributed by atoms with Gasteiger partial charge in [-0.15, -0.1) is 11.3 Å².